The summed E-state index contributed by atoms with van der Waals surface area (Å²) in [6.45, 7) is 0. The molecule has 0 aliphatic heterocycles. The summed E-state index contributed by atoms with van der Waals surface area (Å²) in [5, 5.41) is 3.68. The van der Waals surface area contributed by atoms with Crippen LogP contribution in [0.3, 0.4) is 0 Å². The summed E-state index contributed by atoms with van der Waals surface area (Å²) in [6.07, 6.45) is 3.92. The van der Waals surface area contributed by atoms with Crippen molar-refractivity contribution in [2.75, 3.05) is 0 Å². The molecule has 0 radical (unpaired) electrons. The lowest BCUT2D eigenvalue weighted by molar-refractivity contribution is -0.671. The average Bonchev–Trinajstić information content (AvgIpc) is 2.32. The van der Waals surface area contributed by atoms with Gasteiger partial charge in [0.2, 0.25) is 0 Å². The molecule has 4 heteroatoms. The average molecular weight is 211 g/mol. The van der Waals surface area contributed by atoms with E-state index in [2.05, 4.69) is 10.0 Å². The molecular formula is C12H11N4+. The normalized spacial score (nSPS) is 9.56. The van der Waals surface area contributed by atoms with E-state index in [9.17, 15) is 0 Å². The predicted octanol–water partition coefficient (Wildman–Crippen LogP) is 3.12. The number of azide groups is 1. The number of rotatable bonds is 2. The first kappa shape index (κ1) is 10.2. The van der Waals surface area contributed by atoms with Gasteiger partial charge < -0.3 is 0 Å². The van der Waals surface area contributed by atoms with Gasteiger partial charge in [0, 0.05) is 22.7 Å². The molecule has 78 valence electrons. The van der Waals surface area contributed by atoms with E-state index in [0.717, 1.165) is 11.1 Å². The first-order valence-corrected chi connectivity index (χ1v) is 4.91. The number of hydrogen-bond acceptors (Lipinski definition) is 1. The third-order valence-electron chi connectivity index (χ3n) is 2.35. The molecule has 0 unspecified atom stereocenters. The summed E-state index contributed by atoms with van der Waals surface area (Å²) in [7, 11) is 1.96. The zero-order valence-corrected chi connectivity index (χ0v) is 8.91. The van der Waals surface area contributed by atoms with E-state index >= 15 is 0 Å². The Morgan fingerprint density at radius 1 is 1.12 bits per heavy atom. The van der Waals surface area contributed by atoms with Crippen molar-refractivity contribution in [2.45, 2.75) is 0 Å². The maximum Gasteiger partial charge on any atom is 0.169 e. The molecule has 2 rings (SSSR count). The molecule has 0 fully saturated rings. The second-order valence-electron chi connectivity index (χ2n) is 3.46. The van der Waals surface area contributed by atoms with Gasteiger partial charge in [0.1, 0.15) is 7.05 Å². The highest BCUT2D eigenvalue weighted by molar-refractivity contribution is 5.75. The van der Waals surface area contributed by atoms with Crippen molar-refractivity contribution < 1.29 is 4.57 Å². The molecule has 0 bridgehead atoms. The Hall–Kier alpha value is -2.32. The standard InChI is InChI=1S/C12H11N4/c1-16-8-6-10(7-9-16)11-4-2-3-5-12(11)14-15-13/h2-9H,1H3/q+1. The van der Waals surface area contributed by atoms with Crippen LogP contribution in [0.4, 0.5) is 5.69 Å². The summed E-state index contributed by atoms with van der Waals surface area (Å²) in [6, 6.07) is 11.5. The van der Waals surface area contributed by atoms with Crippen molar-refractivity contribution in [3.63, 3.8) is 0 Å². The van der Waals surface area contributed by atoms with Crippen LogP contribution >= 0.6 is 0 Å². The molecule has 0 saturated carbocycles. The number of benzene rings is 1. The van der Waals surface area contributed by atoms with E-state index < -0.39 is 0 Å². The van der Waals surface area contributed by atoms with Crippen LogP contribution in [0.1, 0.15) is 0 Å². The van der Waals surface area contributed by atoms with Crippen LogP contribution in [-0.2, 0) is 7.05 Å². The minimum absolute atomic E-state index is 0.652. The van der Waals surface area contributed by atoms with E-state index in [4.69, 9.17) is 5.53 Å². The van der Waals surface area contributed by atoms with E-state index in [-0.39, 0.29) is 0 Å². The summed E-state index contributed by atoms with van der Waals surface area (Å²) >= 11 is 0. The molecule has 1 heterocycles. The lowest BCUT2D eigenvalue weighted by Crippen LogP contribution is -2.25. The molecule has 0 N–H and O–H groups in total. The monoisotopic (exact) mass is 211 g/mol. The zero-order chi connectivity index (χ0) is 11.4. The van der Waals surface area contributed by atoms with Crippen LogP contribution in [-0.4, -0.2) is 0 Å². The van der Waals surface area contributed by atoms with Gasteiger partial charge in [-0.2, -0.15) is 0 Å². The van der Waals surface area contributed by atoms with Gasteiger partial charge in [-0.25, -0.2) is 4.57 Å². The molecule has 0 aliphatic carbocycles. The molecule has 0 saturated heterocycles. The van der Waals surface area contributed by atoms with Crippen LogP contribution < -0.4 is 4.57 Å². The molecule has 4 nitrogen and oxygen atoms in total. The third-order valence-corrected chi connectivity index (χ3v) is 2.35. The molecule has 0 atom stereocenters. The SMILES string of the molecule is C[n+]1ccc(-c2ccccc2N=[N+]=[N-])cc1. The number of hydrogen-bond donors (Lipinski definition) is 0. The highest BCUT2D eigenvalue weighted by Crippen LogP contribution is 2.29. The second kappa shape index (κ2) is 4.47. The number of nitrogens with zero attached hydrogens (tertiary/aromatic N) is 4. The van der Waals surface area contributed by atoms with E-state index in [1.54, 1.807) is 0 Å². The van der Waals surface area contributed by atoms with Crippen molar-refractivity contribution in [2.24, 2.45) is 12.2 Å². The Kier molecular flexibility index (Phi) is 2.85. The van der Waals surface area contributed by atoms with Crippen LogP contribution in [0.5, 0.6) is 0 Å². The Balaban J connectivity index is 2.55. The Labute approximate surface area is 93.4 Å². The highest BCUT2D eigenvalue weighted by Gasteiger charge is 2.03. The summed E-state index contributed by atoms with van der Waals surface area (Å²) in [5.41, 5.74) is 11.1. The van der Waals surface area contributed by atoms with E-state index in [1.807, 2.05) is 60.4 Å². The predicted molar refractivity (Wildman–Crippen MR) is 61.9 cm³/mol. The molecule has 1 aromatic carbocycles. The van der Waals surface area contributed by atoms with Crippen molar-refractivity contribution >= 4 is 5.69 Å². The number of aromatic nitrogens is 1. The largest absolute Gasteiger partial charge is 0.208 e. The van der Waals surface area contributed by atoms with Crippen molar-refractivity contribution in [1.82, 2.24) is 0 Å². The molecule has 0 spiro atoms. The molecule has 0 aliphatic rings. The van der Waals surface area contributed by atoms with Crippen LogP contribution in [0.2, 0.25) is 0 Å². The summed E-state index contributed by atoms with van der Waals surface area (Å²) < 4.78 is 1.96. The summed E-state index contributed by atoms with van der Waals surface area (Å²) in [4.78, 5) is 2.83. The number of aryl methyl sites for hydroxylation is 1. The lowest BCUT2D eigenvalue weighted by Gasteiger charge is -2.03. The van der Waals surface area contributed by atoms with Crippen LogP contribution in [0.15, 0.2) is 53.9 Å². The fourth-order valence-electron chi connectivity index (χ4n) is 1.53. The topological polar surface area (TPSA) is 52.6 Å². The van der Waals surface area contributed by atoms with Gasteiger partial charge in [-0.15, -0.1) is 0 Å². The Morgan fingerprint density at radius 3 is 2.50 bits per heavy atom. The first-order chi connectivity index (χ1) is 7.81. The minimum Gasteiger partial charge on any atom is -0.208 e. The smallest absolute Gasteiger partial charge is 0.169 e. The van der Waals surface area contributed by atoms with Gasteiger partial charge in [-0.05, 0) is 16.7 Å². The molecule has 0 amide bonds. The highest BCUT2D eigenvalue weighted by atomic mass is 15.1. The van der Waals surface area contributed by atoms with Crippen molar-refractivity contribution in [1.29, 1.82) is 0 Å². The number of pyridine rings is 1. The van der Waals surface area contributed by atoms with Crippen LogP contribution in [0, 0.1) is 0 Å². The fraction of sp³-hybridized carbons (Fsp3) is 0.0833. The quantitative estimate of drug-likeness (QED) is 0.317. The maximum absolute atomic E-state index is 8.49. The van der Waals surface area contributed by atoms with Gasteiger partial charge in [0.15, 0.2) is 12.4 Å². The molecular weight excluding hydrogens is 200 g/mol. The molecule has 16 heavy (non-hydrogen) atoms. The van der Waals surface area contributed by atoms with E-state index in [1.165, 1.54) is 0 Å². The first-order valence-electron chi connectivity index (χ1n) is 4.91. The van der Waals surface area contributed by atoms with Crippen LogP contribution in [0.25, 0.3) is 21.6 Å². The minimum atomic E-state index is 0.652. The van der Waals surface area contributed by atoms with Gasteiger partial charge >= 0.3 is 0 Å². The maximum atomic E-state index is 8.49. The fourth-order valence-corrected chi connectivity index (χ4v) is 1.53. The Morgan fingerprint density at radius 2 is 1.81 bits per heavy atom. The molecule has 1 aromatic heterocycles. The Bertz CT molecular complexity index is 539. The summed E-state index contributed by atoms with van der Waals surface area (Å²) in [5.74, 6) is 0. The third kappa shape index (κ3) is 2.02. The van der Waals surface area contributed by atoms with Gasteiger partial charge in [0.05, 0.1) is 0 Å². The lowest BCUT2D eigenvalue weighted by atomic mass is 10.1. The van der Waals surface area contributed by atoms with Gasteiger partial charge in [-0.1, -0.05) is 29.4 Å². The second-order valence-corrected chi connectivity index (χ2v) is 3.46. The van der Waals surface area contributed by atoms with Crippen molar-refractivity contribution in [3.05, 3.63) is 59.2 Å². The van der Waals surface area contributed by atoms with Crippen molar-refractivity contribution in [3.8, 4) is 11.1 Å². The van der Waals surface area contributed by atoms with Gasteiger partial charge in [-0.3, -0.25) is 0 Å². The zero-order valence-electron chi connectivity index (χ0n) is 8.91. The van der Waals surface area contributed by atoms with Gasteiger partial charge in [0.25, 0.3) is 0 Å². The molecule has 2 aromatic rings. The van der Waals surface area contributed by atoms with E-state index in [0.29, 0.717) is 5.69 Å².